The van der Waals surface area contributed by atoms with Crippen LogP contribution in [0.4, 0.5) is 0 Å². The second-order valence-electron chi connectivity index (χ2n) is 5.95. The van der Waals surface area contributed by atoms with Gasteiger partial charge in [0.15, 0.2) is 0 Å². The largest absolute Gasteiger partial charge is 0.481 e. The smallest absolute Gasteiger partial charge is 0.306 e. The fraction of sp³-hybridized carbons (Fsp3) is 0.923. The van der Waals surface area contributed by atoms with Crippen molar-refractivity contribution < 1.29 is 14.6 Å². The maximum absolute atomic E-state index is 11.2. The van der Waals surface area contributed by atoms with Gasteiger partial charge in [0.1, 0.15) is 0 Å². The van der Waals surface area contributed by atoms with Crippen LogP contribution in [0.2, 0.25) is 0 Å². The van der Waals surface area contributed by atoms with Crippen LogP contribution in [0, 0.1) is 23.2 Å². The molecule has 3 heteroatoms. The quantitative estimate of drug-likeness (QED) is 0.804. The highest BCUT2D eigenvalue weighted by atomic mass is 16.5. The zero-order chi connectivity index (χ0) is 12.3. The van der Waals surface area contributed by atoms with E-state index in [4.69, 9.17) is 4.74 Å². The van der Waals surface area contributed by atoms with Gasteiger partial charge in [0.25, 0.3) is 0 Å². The number of hydrogen-bond acceptors (Lipinski definition) is 2. The Kier molecular flexibility index (Phi) is 4.36. The lowest BCUT2D eigenvalue weighted by atomic mass is 9.64. The van der Waals surface area contributed by atoms with E-state index in [1.807, 2.05) is 0 Å². The monoisotopic (exact) mass is 228 g/mol. The summed E-state index contributed by atoms with van der Waals surface area (Å²) in [5.41, 5.74) is 0.276. The molecule has 16 heavy (non-hydrogen) atoms. The van der Waals surface area contributed by atoms with Crippen LogP contribution in [0.5, 0.6) is 0 Å². The van der Waals surface area contributed by atoms with Gasteiger partial charge in [-0.1, -0.05) is 20.8 Å². The molecular weight excluding hydrogens is 204 g/mol. The average molecular weight is 228 g/mol. The van der Waals surface area contributed by atoms with Crippen molar-refractivity contribution in [1.29, 1.82) is 0 Å². The van der Waals surface area contributed by atoms with E-state index >= 15 is 0 Å². The van der Waals surface area contributed by atoms with Crippen molar-refractivity contribution in [1.82, 2.24) is 0 Å². The van der Waals surface area contributed by atoms with E-state index in [1.54, 1.807) is 7.11 Å². The first-order chi connectivity index (χ1) is 7.37. The minimum atomic E-state index is -0.636. The second-order valence-corrected chi connectivity index (χ2v) is 5.95. The molecule has 1 rings (SSSR count). The van der Waals surface area contributed by atoms with Gasteiger partial charge in [-0.15, -0.1) is 0 Å². The van der Waals surface area contributed by atoms with Gasteiger partial charge in [-0.3, -0.25) is 4.79 Å². The molecule has 1 N–H and O–H groups in total. The molecule has 0 heterocycles. The lowest BCUT2D eigenvalue weighted by Crippen LogP contribution is -2.38. The topological polar surface area (TPSA) is 46.5 Å². The van der Waals surface area contributed by atoms with E-state index in [1.165, 1.54) is 0 Å². The van der Waals surface area contributed by atoms with Gasteiger partial charge in [0, 0.05) is 13.7 Å². The summed E-state index contributed by atoms with van der Waals surface area (Å²) < 4.78 is 5.16. The lowest BCUT2D eigenvalue weighted by molar-refractivity contribution is -0.147. The Morgan fingerprint density at radius 3 is 2.69 bits per heavy atom. The van der Waals surface area contributed by atoms with Gasteiger partial charge in [-0.25, -0.2) is 0 Å². The Morgan fingerprint density at radius 1 is 1.56 bits per heavy atom. The third kappa shape index (κ3) is 3.21. The number of carbonyl (C=O) groups is 1. The first kappa shape index (κ1) is 13.5. The van der Waals surface area contributed by atoms with Crippen LogP contribution in [0.3, 0.4) is 0 Å². The van der Waals surface area contributed by atoms with E-state index in [9.17, 15) is 9.90 Å². The number of aliphatic carboxylic acids is 1. The molecule has 0 amide bonds. The predicted octanol–water partition coefficient (Wildman–Crippen LogP) is 2.80. The number of carboxylic acids is 1. The number of carboxylic acid groups (broad SMARTS) is 1. The van der Waals surface area contributed by atoms with Gasteiger partial charge in [0.2, 0.25) is 0 Å². The molecular formula is C13H24O3. The molecule has 0 spiro atoms. The Balaban J connectivity index is 2.75. The molecule has 0 saturated heterocycles. The minimum Gasteiger partial charge on any atom is -0.481 e. The standard InChI is InChI=1S/C13H24O3/c1-9(8-16-4)11-7-13(2,3)6-5-10(11)12(14)15/h9-11H,5-8H2,1-4H3,(H,14,15). The molecule has 3 nitrogen and oxygen atoms in total. The Labute approximate surface area is 98.2 Å². The maximum atomic E-state index is 11.2. The first-order valence-corrected chi connectivity index (χ1v) is 6.09. The van der Waals surface area contributed by atoms with Crippen molar-refractivity contribution in [3.63, 3.8) is 0 Å². The molecule has 3 atom stereocenters. The second kappa shape index (κ2) is 5.17. The zero-order valence-corrected chi connectivity index (χ0v) is 10.8. The van der Waals surface area contributed by atoms with Crippen molar-refractivity contribution in [2.45, 2.75) is 40.0 Å². The van der Waals surface area contributed by atoms with Crippen LogP contribution in [0.25, 0.3) is 0 Å². The third-order valence-electron chi connectivity index (χ3n) is 3.91. The van der Waals surface area contributed by atoms with Crippen LogP contribution in [0.15, 0.2) is 0 Å². The Hall–Kier alpha value is -0.570. The van der Waals surface area contributed by atoms with Gasteiger partial charge in [0.05, 0.1) is 5.92 Å². The highest BCUT2D eigenvalue weighted by Crippen LogP contribution is 2.44. The number of ether oxygens (including phenoxy) is 1. The van der Waals surface area contributed by atoms with Crippen molar-refractivity contribution >= 4 is 5.97 Å². The van der Waals surface area contributed by atoms with Crippen LogP contribution in [-0.4, -0.2) is 24.8 Å². The highest BCUT2D eigenvalue weighted by molar-refractivity contribution is 5.70. The third-order valence-corrected chi connectivity index (χ3v) is 3.91. The number of methoxy groups -OCH3 is 1. The molecule has 1 aliphatic carbocycles. The summed E-state index contributed by atoms with van der Waals surface area (Å²) >= 11 is 0. The van der Waals surface area contributed by atoms with Crippen molar-refractivity contribution in [3.8, 4) is 0 Å². The van der Waals surface area contributed by atoms with Crippen molar-refractivity contribution in [3.05, 3.63) is 0 Å². The van der Waals surface area contributed by atoms with E-state index < -0.39 is 5.97 Å². The SMILES string of the molecule is COCC(C)C1CC(C)(C)CCC1C(=O)O. The minimum absolute atomic E-state index is 0.182. The molecule has 1 fully saturated rings. The lowest BCUT2D eigenvalue weighted by Gasteiger charge is -2.41. The van der Waals surface area contributed by atoms with E-state index in [0.717, 1.165) is 19.3 Å². The summed E-state index contributed by atoms with van der Waals surface area (Å²) in [6, 6.07) is 0. The van der Waals surface area contributed by atoms with E-state index in [0.29, 0.717) is 12.5 Å². The van der Waals surface area contributed by atoms with Gasteiger partial charge in [-0.05, 0) is 36.5 Å². The Morgan fingerprint density at radius 2 is 2.19 bits per heavy atom. The van der Waals surface area contributed by atoms with E-state index in [2.05, 4.69) is 20.8 Å². The molecule has 3 unspecified atom stereocenters. The fourth-order valence-corrected chi connectivity index (χ4v) is 2.93. The number of hydrogen-bond donors (Lipinski definition) is 1. The van der Waals surface area contributed by atoms with Crippen LogP contribution < -0.4 is 0 Å². The molecule has 1 saturated carbocycles. The molecule has 0 radical (unpaired) electrons. The summed E-state index contributed by atoms with van der Waals surface area (Å²) in [6.45, 7) is 7.23. The maximum Gasteiger partial charge on any atom is 0.306 e. The highest BCUT2D eigenvalue weighted by Gasteiger charge is 2.40. The molecule has 1 aliphatic rings. The van der Waals surface area contributed by atoms with Crippen LogP contribution in [0.1, 0.15) is 40.0 Å². The summed E-state index contributed by atoms with van der Waals surface area (Å²) in [6.07, 6.45) is 2.82. The van der Waals surface area contributed by atoms with Crippen LogP contribution in [-0.2, 0) is 9.53 Å². The van der Waals surface area contributed by atoms with E-state index in [-0.39, 0.29) is 17.3 Å². The first-order valence-electron chi connectivity index (χ1n) is 6.09. The molecule has 94 valence electrons. The van der Waals surface area contributed by atoms with Crippen LogP contribution >= 0.6 is 0 Å². The zero-order valence-electron chi connectivity index (χ0n) is 10.8. The van der Waals surface area contributed by atoms with Gasteiger partial charge in [-0.2, -0.15) is 0 Å². The van der Waals surface area contributed by atoms with Crippen molar-refractivity contribution in [2.75, 3.05) is 13.7 Å². The summed E-state index contributed by atoms with van der Waals surface area (Å²) in [7, 11) is 1.68. The fourth-order valence-electron chi connectivity index (χ4n) is 2.93. The Bertz CT molecular complexity index is 248. The van der Waals surface area contributed by atoms with Gasteiger partial charge < -0.3 is 9.84 Å². The summed E-state index contributed by atoms with van der Waals surface area (Å²) in [5, 5.41) is 9.26. The molecule has 0 aliphatic heterocycles. The summed E-state index contributed by atoms with van der Waals surface area (Å²) in [4.78, 5) is 11.2. The molecule has 0 aromatic carbocycles. The average Bonchev–Trinajstić information content (AvgIpc) is 2.16. The molecule has 0 aromatic heterocycles. The predicted molar refractivity (Wildman–Crippen MR) is 63.3 cm³/mol. The van der Waals surface area contributed by atoms with Gasteiger partial charge >= 0.3 is 5.97 Å². The normalized spacial score (nSPS) is 31.0. The summed E-state index contributed by atoms with van der Waals surface area (Å²) in [5.74, 6) is -0.242. The molecule has 0 bridgehead atoms. The molecule has 0 aromatic rings. The number of rotatable bonds is 4. The van der Waals surface area contributed by atoms with Crippen molar-refractivity contribution in [2.24, 2.45) is 23.2 Å².